The van der Waals surface area contributed by atoms with Crippen LogP contribution in [0.4, 0.5) is 0 Å². The van der Waals surface area contributed by atoms with E-state index in [4.69, 9.17) is 23.7 Å². The molecule has 0 aromatic carbocycles. The Labute approximate surface area is 215 Å². The van der Waals surface area contributed by atoms with E-state index in [2.05, 4.69) is 31.4 Å². The second-order valence-electron chi connectivity index (χ2n) is 11.9. The normalized spacial score (nSPS) is 25.5. The Kier molecular flexibility index (Phi) is 9.55. The number of rotatable bonds is 10. The number of primary amides is 1. The Morgan fingerprint density at radius 2 is 1.77 bits per heavy atom. The van der Waals surface area contributed by atoms with Crippen molar-refractivity contribution in [2.75, 3.05) is 6.54 Å². The number of nitrogens with two attached hydrogens (primary N) is 2. The maximum atomic E-state index is 13.9. The summed E-state index contributed by atoms with van der Waals surface area (Å²) in [4.78, 5) is 40.9. The summed E-state index contributed by atoms with van der Waals surface area (Å²) in [5, 5.41) is 16.3. The molecule has 0 spiro atoms. The van der Waals surface area contributed by atoms with E-state index in [9.17, 15) is 19.5 Å². The lowest BCUT2D eigenvalue weighted by Crippen LogP contribution is -2.60. The first-order chi connectivity index (χ1) is 16.1. The third-order valence-electron chi connectivity index (χ3n) is 8.19. The molecule has 0 bridgehead atoms. The first kappa shape index (κ1) is 29.3. The van der Waals surface area contributed by atoms with Gasteiger partial charge in [0.15, 0.2) is 11.2 Å². The third kappa shape index (κ3) is 6.84. The number of hydrogen-bond donors (Lipinski definition) is 5. The molecule has 3 amide bonds. The van der Waals surface area contributed by atoms with Gasteiger partial charge in [0, 0.05) is 6.54 Å². The highest BCUT2D eigenvalue weighted by atomic mass is 32.1. The highest BCUT2D eigenvalue weighted by Crippen LogP contribution is 2.45. The van der Waals surface area contributed by atoms with Gasteiger partial charge in [-0.3, -0.25) is 14.4 Å². The van der Waals surface area contributed by atoms with Crippen molar-refractivity contribution < 1.29 is 19.5 Å². The first-order valence-electron chi connectivity index (χ1n) is 12.8. The van der Waals surface area contributed by atoms with Crippen molar-refractivity contribution in [3.8, 4) is 0 Å². The lowest BCUT2D eigenvalue weighted by molar-refractivity contribution is -0.143. The molecule has 1 aliphatic heterocycles. The van der Waals surface area contributed by atoms with Crippen LogP contribution < -0.4 is 22.1 Å². The summed E-state index contributed by atoms with van der Waals surface area (Å²) in [5.74, 6) is -0.915. The molecule has 200 valence electrons. The Hall–Kier alpha value is -1.94. The van der Waals surface area contributed by atoms with Crippen LogP contribution >= 0.6 is 12.2 Å². The smallest absolute Gasteiger partial charge is 0.248 e. The van der Waals surface area contributed by atoms with Crippen LogP contribution in [0.2, 0.25) is 0 Å². The summed E-state index contributed by atoms with van der Waals surface area (Å²) in [6.07, 6.45) is 3.38. The van der Waals surface area contributed by atoms with Gasteiger partial charge in [0.2, 0.25) is 17.7 Å². The number of thiocarbonyl (C=S) groups is 1. The van der Waals surface area contributed by atoms with Gasteiger partial charge in [0.25, 0.3) is 0 Å². The molecule has 1 aliphatic carbocycles. The number of hydrogen-bond acceptors (Lipinski definition) is 5. The molecule has 10 heteroatoms. The second kappa shape index (κ2) is 11.4. The Bertz CT molecular complexity index is 810. The minimum atomic E-state index is -1.48. The van der Waals surface area contributed by atoms with Crippen LogP contribution in [-0.4, -0.2) is 63.6 Å². The molecule has 7 N–H and O–H groups in total. The standard InChI is InChI=1S/C25H45N5O4S/c1-7-25(14(2)3)12-17(30(13-25)22(34)19(24(4,5)6)29-23(27)35)21(33)28-16(18(31)20(26)32)11-15-9-8-10-15/h14-19,31H,7-13H2,1-6H3,(H2,26,32)(H,28,33)(H3,27,29,35)/t16?,17-,18?,19+,25-/m0/s1. The Morgan fingerprint density at radius 3 is 2.17 bits per heavy atom. The van der Waals surface area contributed by atoms with Crippen molar-refractivity contribution in [1.29, 1.82) is 0 Å². The quantitative estimate of drug-likeness (QED) is 0.278. The van der Waals surface area contributed by atoms with E-state index in [-0.39, 0.29) is 28.3 Å². The molecular weight excluding hydrogens is 466 g/mol. The maximum absolute atomic E-state index is 13.9. The highest BCUT2D eigenvalue weighted by Gasteiger charge is 2.51. The summed E-state index contributed by atoms with van der Waals surface area (Å²) in [6, 6.07) is -2.24. The van der Waals surface area contributed by atoms with Gasteiger partial charge < -0.3 is 32.1 Å². The minimum absolute atomic E-state index is 0.0224. The summed E-state index contributed by atoms with van der Waals surface area (Å²) in [5.41, 5.74) is 10.4. The zero-order valence-corrected chi connectivity index (χ0v) is 22.9. The number of amides is 3. The Balaban J connectivity index is 2.38. The summed E-state index contributed by atoms with van der Waals surface area (Å²) in [7, 11) is 0. The molecule has 2 aliphatic rings. The van der Waals surface area contributed by atoms with Crippen LogP contribution in [0, 0.1) is 22.7 Å². The van der Waals surface area contributed by atoms with E-state index < -0.39 is 35.6 Å². The summed E-state index contributed by atoms with van der Waals surface area (Å²) >= 11 is 5.04. The van der Waals surface area contributed by atoms with Gasteiger partial charge in [-0.2, -0.15) is 0 Å². The van der Waals surface area contributed by atoms with Gasteiger partial charge in [0.1, 0.15) is 12.1 Å². The van der Waals surface area contributed by atoms with Crippen LogP contribution in [0.25, 0.3) is 0 Å². The van der Waals surface area contributed by atoms with Crippen molar-refractivity contribution >= 4 is 35.1 Å². The highest BCUT2D eigenvalue weighted by molar-refractivity contribution is 7.80. The van der Waals surface area contributed by atoms with E-state index >= 15 is 0 Å². The molecule has 5 atom stereocenters. The van der Waals surface area contributed by atoms with Crippen molar-refractivity contribution in [2.45, 2.75) is 104 Å². The number of carbonyl (C=O) groups excluding carboxylic acids is 3. The number of nitrogens with zero attached hydrogens (tertiary/aromatic N) is 1. The monoisotopic (exact) mass is 511 g/mol. The molecule has 2 unspecified atom stereocenters. The van der Waals surface area contributed by atoms with E-state index in [1.807, 2.05) is 20.8 Å². The van der Waals surface area contributed by atoms with E-state index in [1.165, 1.54) is 0 Å². The fourth-order valence-electron chi connectivity index (χ4n) is 5.35. The van der Waals surface area contributed by atoms with E-state index in [1.54, 1.807) is 4.90 Å². The zero-order chi connectivity index (χ0) is 26.7. The average Bonchev–Trinajstić information content (AvgIpc) is 3.13. The maximum Gasteiger partial charge on any atom is 0.248 e. The zero-order valence-electron chi connectivity index (χ0n) is 22.1. The fourth-order valence-corrected chi connectivity index (χ4v) is 5.46. The van der Waals surface area contributed by atoms with Gasteiger partial charge in [-0.15, -0.1) is 0 Å². The van der Waals surface area contributed by atoms with Gasteiger partial charge in [0.05, 0.1) is 6.04 Å². The van der Waals surface area contributed by atoms with Crippen molar-refractivity contribution in [2.24, 2.45) is 34.1 Å². The lowest BCUT2D eigenvalue weighted by Gasteiger charge is -2.37. The molecular formula is C25H45N5O4S. The molecule has 1 saturated carbocycles. The van der Waals surface area contributed by atoms with Gasteiger partial charge >= 0.3 is 0 Å². The van der Waals surface area contributed by atoms with Crippen LogP contribution in [0.1, 0.15) is 80.1 Å². The summed E-state index contributed by atoms with van der Waals surface area (Å²) in [6.45, 7) is 12.5. The van der Waals surface area contributed by atoms with E-state index in [0.717, 1.165) is 25.7 Å². The van der Waals surface area contributed by atoms with Gasteiger partial charge in [-0.25, -0.2) is 0 Å². The second-order valence-corrected chi connectivity index (χ2v) is 12.3. The SMILES string of the molecule is CC[C@]1(C(C)C)C[C@@H](C(=O)NC(CC2CCC2)C(O)C(N)=O)N(C(=O)[C@@H](NC(N)=S)C(C)(C)C)C1. The fraction of sp³-hybridized carbons (Fsp3) is 0.840. The molecule has 35 heavy (non-hydrogen) atoms. The minimum Gasteiger partial charge on any atom is -0.381 e. The number of nitrogens with one attached hydrogen (secondary N) is 2. The van der Waals surface area contributed by atoms with Crippen molar-refractivity contribution in [3.63, 3.8) is 0 Å². The number of aliphatic hydroxyl groups is 1. The lowest BCUT2D eigenvalue weighted by atomic mass is 9.73. The molecule has 0 radical (unpaired) electrons. The topological polar surface area (TPSA) is 151 Å². The largest absolute Gasteiger partial charge is 0.381 e. The molecule has 1 saturated heterocycles. The summed E-state index contributed by atoms with van der Waals surface area (Å²) < 4.78 is 0. The number of aliphatic hydroxyl groups excluding tert-OH is 1. The van der Waals surface area contributed by atoms with Crippen LogP contribution in [-0.2, 0) is 14.4 Å². The van der Waals surface area contributed by atoms with Crippen molar-refractivity contribution in [1.82, 2.24) is 15.5 Å². The van der Waals surface area contributed by atoms with Gasteiger partial charge in [-0.1, -0.05) is 60.8 Å². The third-order valence-corrected chi connectivity index (χ3v) is 8.31. The molecule has 2 rings (SSSR count). The number of carbonyl (C=O) groups is 3. The average molecular weight is 512 g/mol. The molecule has 2 fully saturated rings. The molecule has 9 nitrogen and oxygen atoms in total. The van der Waals surface area contributed by atoms with Crippen LogP contribution in [0.3, 0.4) is 0 Å². The van der Waals surface area contributed by atoms with Crippen LogP contribution in [0.5, 0.6) is 0 Å². The van der Waals surface area contributed by atoms with Gasteiger partial charge in [-0.05, 0) is 54.1 Å². The van der Waals surface area contributed by atoms with Crippen LogP contribution in [0.15, 0.2) is 0 Å². The first-order valence-corrected chi connectivity index (χ1v) is 13.2. The molecule has 0 aromatic heterocycles. The molecule has 1 heterocycles. The van der Waals surface area contributed by atoms with E-state index in [0.29, 0.717) is 25.3 Å². The predicted molar refractivity (Wildman–Crippen MR) is 140 cm³/mol. The number of likely N-dealkylation sites (tertiary alicyclic amines) is 1. The predicted octanol–water partition coefficient (Wildman–Crippen LogP) is 1.41. The Morgan fingerprint density at radius 1 is 1.17 bits per heavy atom. The molecule has 0 aromatic rings. The van der Waals surface area contributed by atoms with Crippen molar-refractivity contribution in [3.05, 3.63) is 0 Å².